The third-order valence-electron chi connectivity index (χ3n) is 0.889. The number of rotatable bonds is 3. The number of aliphatic carboxylic acids is 1. The minimum atomic E-state index is -1.33. The topological polar surface area (TPSA) is 83.8 Å². The molecule has 0 rings (SSSR count). The van der Waals surface area contributed by atoms with Crippen LogP contribution < -0.4 is 0 Å². The molecule has 0 spiro atoms. The molecule has 5 nitrogen and oxygen atoms in total. The summed E-state index contributed by atoms with van der Waals surface area (Å²) in [7, 11) is 0. The van der Waals surface area contributed by atoms with Gasteiger partial charge < -0.3 is 14.9 Å². The Morgan fingerprint density at radius 3 is 1.86 bits per heavy atom. The van der Waals surface area contributed by atoms with Crippen LogP contribution in [0.1, 0.15) is 6.92 Å². The van der Waals surface area contributed by atoms with Crippen molar-refractivity contribution in [3.8, 4) is 0 Å². The van der Waals surface area contributed by atoms with Crippen LogP contribution in [0.15, 0.2) is 37.1 Å². The summed E-state index contributed by atoms with van der Waals surface area (Å²) in [6.45, 7) is 7.86. The highest BCUT2D eigenvalue weighted by atomic mass is 16.7. The lowest BCUT2D eigenvalue weighted by Gasteiger charge is -1.84. The molecule has 0 fully saturated rings. The second-order valence-corrected chi connectivity index (χ2v) is 1.94. The summed E-state index contributed by atoms with van der Waals surface area (Å²) in [6.07, 6.45) is 2.42. The Morgan fingerprint density at radius 2 is 1.79 bits per heavy atom. The van der Waals surface area contributed by atoms with E-state index in [0.717, 1.165) is 6.26 Å². The third-order valence-corrected chi connectivity index (χ3v) is 0.889. The highest BCUT2D eigenvalue weighted by Gasteiger charge is 1.94. The van der Waals surface area contributed by atoms with Crippen LogP contribution in [0.4, 0.5) is 4.79 Å². The Balaban J connectivity index is 0. The van der Waals surface area contributed by atoms with Gasteiger partial charge in [0.1, 0.15) is 0 Å². The van der Waals surface area contributed by atoms with E-state index in [1.807, 2.05) is 0 Å². The Labute approximate surface area is 81.6 Å². The van der Waals surface area contributed by atoms with Gasteiger partial charge in [-0.05, 0) is 6.92 Å². The standard InChI is InChI=1S/C6H8O2.C3H4O3/c1-3-4-5(2)6(7)8;1-2-6-3(4)5/h3-4H,1H2,2H3,(H,7,8);2H,1H2,(H,4,5). The largest absolute Gasteiger partial charge is 0.510 e. The lowest BCUT2D eigenvalue weighted by Crippen LogP contribution is -1.94. The van der Waals surface area contributed by atoms with Crippen molar-refractivity contribution >= 4 is 12.1 Å². The first-order valence-corrected chi connectivity index (χ1v) is 3.48. The lowest BCUT2D eigenvalue weighted by atomic mass is 10.3. The van der Waals surface area contributed by atoms with Gasteiger partial charge in [-0.3, -0.25) is 0 Å². The number of ether oxygens (including phenoxy) is 1. The fourth-order valence-corrected chi connectivity index (χ4v) is 0.319. The molecule has 0 saturated carbocycles. The summed E-state index contributed by atoms with van der Waals surface area (Å²) >= 11 is 0. The van der Waals surface area contributed by atoms with E-state index >= 15 is 0 Å². The van der Waals surface area contributed by atoms with Gasteiger partial charge >= 0.3 is 12.1 Å². The molecule has 0 aliphatic rings. The van der Waals surface area contributed by atoms with Crippen molar-refractivity contribution in [2.24, 2.45) is 0 Å². The molecular formula is C9H12O5. The molecule has 5 heteroatoms. The fraction of sp³-hybridized carbons (Fsp3) is 0.111. The molecule has 0 radical (unpaired) electrons. The zero-order valence-corrected chi connectivity index (χ0v) is 7.77. The van der Waals surface area contributed by atoms with E-state index in [-0.39, 0.29) is 0 Å². The van der Waals surface area contributed by atoms with Crippen LogP contribution in [0.2, 0.25) is 0 Å². The van der Waals surface area contributed by atoms with Crippen LogP contribution in [0, 0.1) is 0 Å². The molecule has 0 unspecified atom stereocenters. The number of carboxylic acids is 1. The molecule has 0 heterocycles. The van der Waals surface area contributed by atoms with E-state index in [0.29, 0.717) is 5.57 Å². The van der Waals surface area contributed by atoms with Crippen LogP contribution in [0.25, 0.3) is 0 Å². The molecule has 0 bridgehead atoms. The van der Waals surface area contributed by atoms with Crippen molar-refractivity contribution in [1.82, 2.24) is 0 Å². The van der Waals surface area contributed by atoms with Gasteiger partial charge in [0, 0.05) is 5.57 Å². The number of hydrogen-bond donors (Lipinski definition) is 2. The Kier molecular flexibility index (Phi) is 9.36. The lowest BCUT2D eigenvalue weighted by molar-refractivity contribution is -0.132. The van der Waals surface area contributed by atoms with Gasteiger partial charge in [-0.25, -0.2) is 9.59 Å². The molecule has 0 aliphatic heterocycles. The minimum Gasteiger partial charge on any atom is -0.478 e. The Bertz CT molecular complexity index is 252. The highest BCUT2D eigenvalue weighted by Crippen LogP contribution is 1.89. The molecule has 78 valence electrons. The fourth-order valence-electron chi connectivity index (χ4n) is 0.319. The normalized spacial score (nSPS) is 9.07. The summed E-state index contributed by atoms with van der Waals surface area (Å²) in [5.41, 5.74) is 0.306. The second-order valence-electron chi connectivity index (χ2n) is 1.94. The Hall–Kier alpha value is -2.04. The average Bonchev–Trinajstić information content (AvgIpc) is 2.05. The van der Waals surface area contributed by atoms with Crippen molar-refractivity contribution in [2.75, 3.05) is 0 Å². The predicted molar refractivity (Wildman–Crippen MR) is 50.9 cm³/mol. The van der Waals surface area contributed by atoms with Crippen molar-refractivity contribution < 1.29 is 24.5 Å². The van der Waals surface area contributed by atoms with E-state index in [1.54, 1.807) is 0 Å². The van der Waals surface area contributed by atoms with Crippen molar-refractivity contribution in [2.45, 2.75) is 6.92 Å². The third kappa shape index (κ3) is 12.6. The van der Waals surface area contributed by atoms with Gasteiger partial charge in [0.05, 0.1) is 6.26 Å². The zero-order valence-electron chi connectivity index (χ0n) is 7.77. The molecule has 2 N–H and O–H groups in total. The molecule has 0 aromatic carbocycles. The molecule has 0 aromatic rings. The summed E-state index contributed by atoms with van der Waals surface area (Å²) in [5.74, 6) is -0.898. The molecular weight excluding hydrogens is 188 g/mol. The SMILES string of the molecule is C=CC=C(C)C(=O)O.C=COC(=O)O. The predicted octanol–water partition coefficient (Wildman–Crippen LogP) is 2.03. The molecule has 0 amide bonds. The molecule has 0 aromatic heterocycles. The minimum absolute atomic E-state index is 0.306. The van der Waals surface area contributed by atoms with E-state index in [2.05, 4.69) is 17.9 Å². The first kappa shape index (κ1) is 14.5. The van der Waals surface area contributed by atoms with E-state index in [9.17, 15) is 9.59 Å². The van der Waals surface area contributed by atoms with Crippen LogP contribution in [0.3, 0.4) is 0 Å². The maximum absolute atomic E-state index is 9.97. The van der Waals surface area contributed by atoms with Gasteiger partial charge in [-0.1, -0.05) is 25.3 Å². The quantitative estimate of drug-likeness (QED) is 0.315. The van der Waals surface area contributed by atoms with E-state index in [1.165, 1.54) is 19.1 Å². The maximum atomic E-state index is 9.97. The highest BCUT2D eigenvalue weighted by molar-refractivity contribution is 5.86. The first-order chi connectivity index (χ1) is 6.45. The van der Waals surface area contributed by atoms with Crippen LogP contribution in [0.5, 0.6) is 0 Å². The molecule has 14 heavy (non-hydrogen) atoms. The molecule has 0 atom stereocenters. The zero-order chi connectivity index (χ0) is 11.6. The van der Waals surface area contributed by atoms with Gasteiger partial charge in [-0.2, -0.15) is 0 Å². The summed E-state index contributed by atoms with van der Waals surface area (Å²) in [4.78, 5) is 19.3. The van der Waals surface area contributed by atoms with Gasteiger partial charge in [-0.15, -0.1) is 0 Å². The Morgan fingerprint density at radius 1 is 1.29 bits per heavy atom. The van der Waals surface area contributed by atoms with Crippen LogP contribution >= 0.6 is 0 Å². The average molecular weight is 200 g/mol. The van der Waals surface area contributed by atoms with E-state index in [4.69, 9.17) is 10.2 Å². The van der Waals surface area contributed by atoms with Crippen molar-refractivity contribution in [3.63, 3.8) is 0 Å². The number of hydrogen-bond acceptors (Lipinski definition) is 3. The van der Waals surface area contributed by atoms with Gasteiger partial charge in [0.25, 0.3) is 0 Å². The summed E-state index contributed by atoms with van der Waals surface area (Å²) in [6, 6.07) is 0. The van der Waals surface area contributed by atoms with E-state index < -0.39 is 12.1 Å². The van der Waals surface area contributed by atoms with Crippen LogP contribution in [-0.2, 0) is 9.53 Å². The summed E-state index contributed by atoms with van der Waals surface area (Å²) < 4.78 is 3.72. The van der Waals surface area contributed by atoms with Gasteiger partial charge in [0.2, 0.25) is 0 Å². The number of carboxylic acid groups (broad SMARTS) is 2. The number of carbonyl (C=O) groups is 2. The van der Waals surface area contributed by atoms with Gasteiger partial charge in [0.15, 0.2) is 0 Å². The van der Waals surface area contributed by atoms with Crippen LogP contribution in [-0.4, -0.2) is 22.3 Å². The summed E-state index contributed by atoms with van der Waals surface area (Å²) in [5, 5.41) is 15.8. The van der Waals surface area contributed by atoms with Crippen molar-refractivity contribution in [3.05, 3.63) is 37.1 Å². The molecule has 0 aliphatic carbocycles. The maximum Gasteiger partial charge on any atom is 0.510 e. The number of allylic oxidation sites excluding steroid dienone is 2. The molecule has 0 saturated heterocycles. The second kappa shape index (κ2) is 9.05. The van der Waals surface area contributed by atoms with Crippen molar-refractivity contribution in [1.29, 1.82) is 0 Å². The smallest absolute Gasteiger partial charge is 0.478 e. The first-order valence-electron chi connectivity index (χ1n) is 3.48. The monoisotopic (exact) mass is 200 g/mol.